The van der Waals surface area contributed by atoms with Crippen molar-refractivity contribution in [1.82, 2.24) is 0 Å². The standard InChI is InChI=1S/C12H13F3O2/c13-12(14,15)8-4-1-2-6-10(8)17-11-7-3-5-9(11)16/h1-2,4,6,9,11,16H,3,5,7H2/t9-,11-/m1/s1. The summed E-state index contributed by atoms with van der Waals surface area (Å²) in [6.45, 7) is 0. The Morgan fingerprint density at radius 1 is 1.18 bits per heavy atom. The molecule has 1 saturated carbocycles. The van der Waals surface area contributed by atoms with Crippen LogP contribution in [-0.2, 0) is 6.18 Å². The Kier molecular flexibility index (Phi) is 3.28. The van der Waals surface area contributed by atoms with Gasteiger partial charge in [0.25, 0.3) is 0 Å². The van der Waals surface area contributed by atoms with E-state index in [2.05, 4.69) is 0 Å². The minimum absolute atomic E-state index is 0.203. The highest BCUT2D eigenvalue weighted by Crippen LogP contribution is 2.37. The quantitative estimate of drug-likeness (QED) is 0.869. The highest BCUT2D eigenvalue weighted by molar-refractivity contribution is 5.35. The van der Waals surface area contributed by atoms with Gasteiger partial charge in [0.05, 0.1) is 11.7 Å². The summed E-state index contributed by atoms with van der Waals surface area (Å²) in [5, 5.41) is 9.54. The lowest BCUT2D eigenvalue weighted by atomic mass is 10.2. The van der Waals surface area contributed by atoms with Gasteiger partial charge in [-0.05, 0) is 31.4 Å². The second-order valence-electron chi connectivity index (χ2n) is 4.15. The number of para-hydroxylation sites is 1. The maximum atomic E-state index is 12.7. The summed E-state index contributed by atoms with van der Waals surface area (Å²) in [7, 11) is 0. The van der Waals surface area contributed by atoms with Gasteiger partial charge in [-0.1, -0.05) is 12.1 Å². The van der Waals surface area contributed by atoms with Crippen LogP contribution in [0.15, 0.2) is 24.3 Å². The topological polar surface area (TPSA) is 29.5 Å². The number of halogens is 3. The van der Waals surface area contributed by atoms with Crippen LogP contribution in [0.1, 0.15) is 24.8 Å². The van der Waals surface area contributed by atoms with Crippen LogP contribution < -0.4 is 4.74 Å². The van der Waals surface area contributed by atoms with E-state index in [0.29, 0.717) is 12.8 Å². The van der Waals surface area contributed by atoms with Gasteiger partial charge in [0.2, 0.25) is 0 Å². The highest BCUT2D eigenvalue weighted by atomic mass is 19.4. The summed E-state index contributed by atoms with van der Waals surface area (Å²) in [6.07, 6.45) is -3.68. The van der Waals surface area contributed by atoms with Crippen molar-refractivity contribution >= 4 is 0 Å². The second-order valence-corrected chi connectivity index (χ2v) is 4.15. The van der Waals surface area contributed by atoms with Crippen molar-refractivity contribution in [2.75, 3.05) is 0 Å². The van der Waals surface area contributed by atoms with Gasteiger partial charge < -0.3 is 9.84 Å². The van der Waals surface area contributed by atoms with Crippen LogP contribution in [0.4, 0.5) is 13.2 Å². The van der Waals surface area contributed by atoms with E-state index in [1.165, 1.54) is 18.2 Å². The lowest BCUT2D eigenvalue weighted by Gasteiger charge is -2.20. The number of rotatable bonds is 2. The fourth-order valence-corrected chi connectivity index (χ4v) is 2.01. The summed E-state index contributed by atoms with van der Waals surface area (Å²) >= 11 is 0. The predicted molar refractivity (Wildman–Crippen MR) is 55.7 cm³/mol. The number of aliphatic hydroxyl groups excluding tert-OH is 1. The molecule has 1 fully saturated rings. The van der Waals surface area contributed by atoms with Crippen molar-refractivity contribution in [2.24, 2.45) is 0 Å². The summed E-state index contributed by atoms with van der Waals surface area (Å²) in [5.41, 5.74) is -0.792. The second kappa shape index (κ2) is 4.56. The number of benzene rings is 1. The monoisotopic (exact) mass is 246 g/mol. The zero-order valence-corrected chi connectivity index (χ0v) is 9.07. The van der Waals surface area contributed by atoms with Crippen molar-refractivity contribution < 1.29 is 23.0 Å². The van der Waals surface area contributed by atoms with Gasteiger partial charge in [-0.2, -0.15) is 13.2 Å². The average molecular weight is 246 g/mol. The first-order valence-corrected chi connectivity index (χ1v) is 5.49. The van der Waals surface area contributed by atoms with E-state index in [9.17, 15) is 18.3 Å². The van der Waals surface area contributed by atoms with Gasteiger partial charge in [-0.15, -0.1) is 0 Å². The van der Waals surface area contributed by atoms with Gasteiger partial charge in [-0.3, -0.25) is 0 Å². The van der Waals surface area contributed by atoms with E-state index in [4.69, 9.17) is 4.74 Å². The molecule has 1 aromatic carbocycles. The third kappa shape index (κ3) is 2.72. The van der Waals surface area contributed by atoms with Crippen LogP contribution in [0, 0.1) is 0 Å². The fraction of sp³-hybridized carbons (Fsp3) is 0.500. The molecule has 0 aliphatic heterocycles. The van der Waals surface area contributed by atoms with Gasteiger partial charge >= 0.3 is 6.18 Å². The minimum Gasteiger partial charge on any atom is -0.487 e. The van der Waals surface area contributed by atoms with Crippen LogP contribution in [-0.4, -0.2) is 17.3 Å². The molecular formula is C12H13F3O2. The Hall–Kier alpha value is -1.23. The van der Waals surface area contributed by atoms with Crippen molar-refractivity contribution in [2.45, 2.75) is 37.6 Å². The number of ether oxygens (including phenoxy) is 1. The Morgan fingerprint density at radius 2 is 1.88 bits per heavy atom. The zero-order valence-electron chi connectivity index (χ0n) is 9.07. The lowest BCUT2D eigenvalue weighted by molar-refractivity contribution is -0.139. The van der Waals surface area contributed by atoms with Gasteiger partial charge in [0, 0.05) is 0 Å². The summed E-state index contributed by atoms with van der Waals surface area (Å²) in [4.78, 5) is 0. The molecule has 2 atom stereocenters. The van der Waals surface area contributed by atoms with Crippen LogP contribution in [0.5, 0.6) is 5.75 Å². The largest absolute Gasteiger partial charge is 0.487 e. The Labute approximate surface area is 97.0 Å². The minimum atomic E-state index is -4.43. The van der Waals surface area contributed by atoms with E-state index in [0.717, 1.165) is 12.5 Å². The number of hydrogen-bond donors (Lipinski definition) is 1. The number of aliphatic hydroxyl groups is 1. The SMILES string of the molecule is O[C@@H]1CCC[C@H]1Oc1ccccc1C(F)(F)F. The van der Waals surface area contributed by atoms with Crippen LogP contribution in [0.3, 0.4) is 0 Å². The Morgan fingerprint density at radius 3 is 2.47 bits per heavy atom. The molecule has 0 radical (unpaired) electrons. The molecule has 1 aliphatic rings. The van der Waals surface area contributed by atoms with E-state index in [-0.39, 0.29) is 5.75 Å². The van der Waals surface area contributed by atoms with Crippen molar-refractivity contribution in [3.63, 3.8) is 0 Å². The van der Waals surface area contributed by atoms with Gasteiger partial charge in [0.1, 0.15) is 11.9 Å². The molecule has 0 spiro atoms. The zero-order chi connectivity index (χ0) is 12.5. The first-order chi connectivity index (χ1) is 7.98. The van der Waals surface area contributed by atoms with E-state index < -0.39 is 23.9 Å². The molecule has 1 aromatic rings. The first-order valence-electron chi connectivity index (χ1n) is 5.49. The van der Waals surface area contributed by atoms with Crippen molar-refractivity contribution in [3.8, 4) is 5.75 Å². The van der Waals surface area contributed by atoms with Crippen LogP contribution >= 0.6 is 0 Å². The molecule has 0 aromatic heterocycles. The van der Waals surface area contributed by atoms with Gasteiger partial charge in [0.15, 0.2) is 0 Å². The molecule has 0 bridgehead atoms. The molecule has 0 unspecified atom stereocenters. The lowest BCUT2D eigenvalue weighted by Crippen LogP contribution is -2.26. The molecule has 0 saturated heterocycles. The molecule has 2 nitrogen and oxygen atoms in total. The average Bonchev–Trinajstić information content (AvgIpc) is 2.64. The van der Waals surface area contributed by atoms with E-state index >= 15 is 0 Å². The summed E-state index contributed by atoms with van der Waals surface area (Å²) in [6, 6.07) is 5.08. The smallest absolute Gasteiger partial charge is 0.419 e. The Bertz CT molecular complexity index is 390. The summed E-state index contributed by atoms with van der Waals surface area (Å²) < 4.78 is 43.3. The van der Waals surface area contributed by atoms with Crippen molar-refractivity contribution in [3.05, 3.63) is 29.8 Å². The van der Waals surface area contributed by atoms with E-state index in [1.54, 1.807) is 0 Å². The number of hydrogen-bond acceptors (Lipinski definition) is 2. The molecule has 2 rings (SSSR count). The first kappa shape index (κ1) is 12.2. The molecule has 5 heteroatoms. The maximum absolute atomic E-state index is 12.7. The Balaban J connectivity index is 2.21. The van der Waals surface area contributed by atoms with Crippen molar-refractivity contribution in [1.29, 1.82) is 0 Å². The maximum Gasteiger partial charge on any atom is 0.419 e. The number of alkyl halides is 3. The van der Waals surface area contributed by atoms with Crippen LogP contribution in [0.25, 0.3) is 0 Å². The molecular weight excluding hydrogens is 233 g/mol. The third-order valence-corrected chi connectivity index (χ3v) is 2.89. The molecule has 1 aliphatic carbocycles. The normalized spacial score (nSPS) is 24.9. The molecule has 0 heterocycles. The third-order valence-electron chi connectivity index (χ3n) is 2.89. The summed E-state index contributed by atoms with van der Waals surface area (Å²) in [5.74, 6) is -0.203. The molecule has 94 valence electrons. The van der Waals surface area contributed by atoms with Crippen LogP contribution in [0.2, 0.25) is 0 Å². The van der Waals surface area contributed by atoms with Gasteiger partial charge in [-0.25, -0.2) is 0 Å². The molecule has 0 amide bonds. The fourth-order valence-electron chi connectivity index (χ4n) is 2.01. The highest BCUT2D eigenvalue weighted by Gasteiger charge is 2.36. The molecule has 1 N–H and O–H groups in total. The predicted octanol–water partition coefficient (Wildman–Crippen LogP) is 3.00. The molecule has 17 heavy (non-hydrogen) atoms. The van der Waals surface area contributed by atoms with E-state index in [1.807, 2.05) is 0 Å².